The largest absolute Gasteiger partial charge is 0.384 e. The lowest BCUT2D eigenvalue weighted by Crippen LogP contribution is -2.37. The highest BCUT2D eigenvalue weighted by atomic mass is 32.2. The molecule has 5 nitrogen and oxygen atoms in total. The minimum atomic E-state index is -2.02. The molecule has 0 spiro atoms. The number of pyridine rings is 1. The number of nitrogens with one attached hydrogen (secondary N) is 3. The lowest BCUT2D eigenvalue weighted by molar-refractivity contribution is 0.288. The summed E-state index contributed by atoms with van der Waals surface area (Å²) in [6, 6.07) is 6.70. The van der Waals surface area contributed by atoms with E-state index in [0.717, 1.165) is 67.4 Å². The Balaban J connectivity index is 1.53. The number of benzene rings is 1. The third-order valence-electron chi connectivity index (χ3n) is 6.44. The van der Waals surface area contributed by atoms with Gasteiger partial charge in [0.25, 0.3) is 0 Å². The number of hydrogen-bond acceptors (Lipinski definition) is 7. The zero-order valence-corrected chi connectivity index (χ0v) is 21.6. The van der Waals surface area contributed by atoms with Crippen LogP contribution in [0.5, 0.6) is 0 Å². The van der Waals surface area contributed by atoms with E-state index in [1.165, 1.54) is 6.92 Å². The van der Waals surface area contributed by atoms with Crippen LogP contribution in [0.4, 0.5) is 19.0 Å². The van der Waals surface area contributed by atoms with Crippen molar-refractivity contribution in [3.8, 4) is 0 Å². The fourth-order valence-electron chi connectivity index (χ4n) is 4.39. The molecule has 2 unspecified atom stereocenters. The van der Waals surface area contributed by atoms with Crippen LogP contribution < -0.4 is 15.8 Å². The van der Waals surface area contributed by atoms with Crippen LogP contribution in [0.2, 0.25) is 0 Å². The molecular formula is C26H30F3N5S2. The van der Waals surface area contributed by atoms with Gasteiger partial charge in [-0.1, -0.05) is 12.2 Å². The molecule has 4 rings (SSSR count). The van der Waals surface area contributed by atoms with Crippen LogP contribution in [0.1, 0.15) is 37.0 Å². The van der Waals surface area contributed by atoms with Crippen LogP contribution in [-0.4, -0.2) is 35.2 Å². The first kappa shape index (κ1) is 26.6. The number of anilines is 1. The van der Waals surface area contributed by atoms with Gasteiger partial charge in [-0.2, -0.15) is 0 Å². The number of rotatable bonds is 9. The molecule has 2 atom stereocenters. The second-order valence-corrected chi connectivity index (χ2v) is 11.1. The van der Waals surface area contributed by atoms with E-state index >= 15 is 4.39 Å². The molecule has 36 heavy (non-hydrogen) atoms. The number of nitrogens with zero attached hydrogens (tertiary/aromatic N) is 1. The van der Waals surface area contributed by atoms with Crippen LogP contribution in [0.3, 0.4) is 0 Å². The predicted molar refractivity (Wildman–Crippen MR) is 143 cm³/mol. The molecule has 192 valence electrons. The Morgan fingerprint density at radius 1 is 1.25 bits per heavy atom. The maximum Gasteiger partial charge on any atom is 0.174 e. The quantitative estimate of drug-likeness (QED) is 0.235. The number of allylic oxidation sites excluding steroid dienone is 3. The molecule has 0 radical (unpaired) electrons. The summed E-state index contributed by atoms with van der Waals surface area (Å²) < 4.78 is 46.8. The Morgan fingerprint density at radius 2 is 2.03 bits per heavy atom. The topological polar surface area (TPSA) is 86.8 Å². The third-order valence-corrected chi connectivity index (χ3v) is 8.80. The monoisotopic (exact) mass is 533 g/mol. The first-order valence-corrected chi connectivity index (χ1v) is 13.7. The fourth-order valence-corrected chi connectivity index (χ4v) is 6.65. The molecule has 10 heteroatoms. The standard InChI is InChI=1S/C26H30F3N5S2/c1-26(29)19(3-2-4-22(26)34-36-21-14-18(27)5-6-20(21)28)24(31)25(17-9-12-33-23(30)13-17)35-15-16-7-10-32-11-8-16/h3-6,9,12-14,16,25,31-32,34H,2,7-8,10-11,15H2,1H3,(H2,30,33). The van der Waals surface area contributed by atoms with Crippen molar-refractivity contribution < 1.29 is 13.2 Å². The third kappa shape index (κ3) is 6.27. The SMILES string of the molecule is CC1(F)C(NSc2cc(F)ccc2F)=CCC=C1C(=N)C(SCC1CCNCC1)c1ccnc(N)c1. The van der Waals surface area contributed by atoms with Gasteiger partial charge < -0.3 is 21.2 Å². The van der Waals surface area contributed by atoms with Crippen molar-refractivity contribution in [3.05, 3.63) is 77.1 Å². The number of halogens is 3. The van der Waals surface area contributed by atoms with Crippen molar-refractivity contribution in [1.29, 1.82) is 5.41 Å². The number of thioether (sulfide) groups is 1. The summed E-state index contributed by atoms with van der Waals surface area (Å²) in [7, 11) is 0. The van der Waals surface area contributed by atoms with Gasteiger partial charge in [0, 0.05) is 11.8 Å². The Morgan fingerprint density at radius 3 is 2.78 bits per heavy atom. The average molecular weight is 534 g/mol. The highest BCUT2D eigenvalue weighted by Gasteiger charge is 2.40. The normalized spacial score (nSPS) is 21.4. The van der Waals surface area contributed by atoms with Crippen molar-refractivity contribution in [1.82, 2.24) is 15.0 Å². The second-order valence-electron chi connectivity index (χ2n) is 9.09. The Kier molecular flexibility index (Phi) is 8.69. The van der Waals surface area contributed by atoms with E-state index in [4.69, 9.17) is 11.1 Å². The smallest absolute Gasteiger partial charge is 0.174 e. The van der Waals surface area contributed by atoms with Crippen LogP contribution in [-0.2, 0) is 0 Å². The number of hydrogen-bond donors (Lipinski definition) is 4. The van der Waals surface area contributed by atoms with Gasteiger partial charge in [-0.25, -0.2) is 18.2 Å². The van der Waals surface area contributed by atoms with Crippen LogP contribution in [0.25, 0.3) is 0 Å². The summed E-state index contributed by atoms with van der Waals surface area (Å²) in [5.74, 6) is 0.553. The van der Waals surface area contributed by atoms with E-state index in [1.807, 2.05) is 6.07 Å². The van der Waals surface area contributed by atoms with Gasteiger partial charge >= 0.3 is 0 Å². The Bertz CT molecular complexity index is 1160. The lowest BCUT2D eigenvalue weighted by Gasteiger charge is -2.33. The van der Waals surface area contributed by atoms with E-state index in [9.17, 15) is 8.78 Å². The van der Waals surface area contributed by atoms with Gasteiger partial charge in [0.15, 0.2) is 5.67 Å². The Labute approximate surface area is 218 Å². The molecular weight excluding hydrogens is 503 g/mol. The molecule has 0 amide bonds. The number of aromatic nitrogens is 1. The van der Waals surface area contributed by atoms with Gasteiger partial charge in [-0.3, -0.25) is 0 Å². The molecule has 2 aliphatic rings. The molecule has 2 aromatic rings. The average Bonchev–Trinajstić information content (AvgIpc) is 2.85. The van der Waals surface area contributed by atoms with E-state index in [-0.39, 0.29) is 21.9 Å². The first-order valence-electron chi connectivity index (χ1n) is 11.9. The van der Waals surface area contributed by atoms with Crippen molar-refractivity contribution in [2.45, 2.75) is 42.0 Å². The zero-order valence-electron chi connectivity index (χ0n) is 20.0. The molecule has 1 saturated heterocycles. The summed E-state index contributed by atoms with van der Waals surface area (Å²) in [6.45, 7) is 3.35. The van der Waals surface area contributed by atoms with Crippen molar-refractivity contribution in [3.63, 3.8) is 0 Å². The molecule has 1 aliphatic carbocycles. The van der Waals surface area contributed by atoms with E-state index < -0.39 is 22.6 Å². The highest BCUT2D eigenvalue weighted by Crippen LogP contribution is 2.42. The second kappa shape index (κ2) is 11.7. The molecule has 1 aliphatic heterocycles. The summed E-state index contributed by atoms with van der Waals surface area (Å²) in [6.07, 6.45) is 7.55. The van der Waals surface area contributed by atoms with Gasteiger partial charge in [0.1, 0.15) is 17.5 Å². The maximum atomic E-state index is 16.3. The molecule has 0 bridgehead atoms. The molecule has 1 fully saturated rings. The predicted octanol–water partition coefficient (Wildman–Crippen LogP) is 5.97. The van der Waals surface area contributed by atoms with Crippen molar-refractivity contribution in [2.24, 2.45) is 5.92 Å². The maximum absolute atomic E-state index is 16.3. The summed E-state index contributed by atoms with van der Waals surface area (Å²) >= 11 is 2.44. The fraction of sp³-hybridized carbons (Fsp3) is 0.385. The molecule has 1 aromatic carbocycles. The van der Waals surface area contributed by atoms with Crippen LogP contribution >= 0.6 is 23.7 Å². The van der Waals surface area contributed by atoms with Gasteiger partial charge in [0.05, 0.1) is 21.6 Å². The number of nitrogen functional groups attached to an aromatic ring is 1. The molecule has 5 N–H and O–H groups in total. The summed E-state index contributed by atoms with van der Waals surface area (Å²) in [5.41, 5.74) is 5.36. The number of piperidine rings is 1. The first-order chi connectivity index (χ1) is 17.3. The minimum Gasteiger partial charge on any atom is -0.384 e. The van der Waals surface area contributed by atoms with E-state index in [2.05, 4.69) is 15.0 Å². The van der Waals surface area contributed by atoms with Gasteiger partial charge in [-0.05, 0) is 98.8 Å². The van der Waals surface area contributed by atoms with Crippen molar-refractivity contribution >= 4 is 35.2 Å². The highest BCUT2D eigenvalue weighted by molar-refractivity contribution is 8.00. The summed E-state index contributed by atoms with van der Waals surface area (Å²) in [5, 5.41) is 12.0. The molecule has 0 saturated carbocycles. The number of nitrogens with two attached hydrogens (primary N) is 1. The van der Waals surface area contributed by atoms with Gasteiger partial charge in [0.2, 0.25) is 0 Å². The van der Waals surface area contributed by atoms with Crippen LogP contribution in [0, 0.1) is 23.0 Å². The summed E-state index contributed by atoms with van der Waals surface area (Å²) in [4.78, 5) is 4.10. The molecule has 2 heterocycles. The molecule has 1 aromatic heterocycles. The van der Waals surface area contributed by atoms with Gasteiger partial charge in [-0.15, -0.1) is 11.8 Å². The van der Waals surface area contributed by atoms with Crippen LogP contribution in [0.15, 0.2) is 64.8 Å². The minimum absolute atomic E-state index is 0.0283. The number of alkyl halides is 1. The zero-order chi connectivity index (χ0) is 25.7. The van der Waals surface area contributed by atoms with Crippen molar-refractivity contribution in [2.75, 3.05) is 24.6 Å². The van der Waals surface area contributed by atoms with E-state index in [1.54, 1.807) is 36.2 Å². The lowest BCUT2D eigenvalue weighted by atomic mass is 9.84. The Hall–Kier alpha value is -2.43. The van der Waals surface area contributed by atoms with E-state index in [0.29, 0.717) is 18.2 Å².